The molecule has 0 aliphatic carbocycles. The molecule has 3 aromatic carbocycles. The van der Waals surface area contributed by atoms with Crippen molar-refractivity contribution >= 4 is 42.8 Å². The molecule has 1 heterocycles. The topological polar surface area (TPSA) is 48.7 Å². The summed E-state index contributed by atoms with van der Waals surface area (Å²) in [5.41, 5.74) is 1.25. The summed E-state index contributed by atoms with van der Waals surface area (Å²) in [7, 11) is 0. The molecule has 0 unspecified atom stereocenters. The normalized spacial score (nSPS) is 10.8. The lowest BCUT2D eigenvalue weighted by molar-refractivity contribution is 0.306. The van der Waals surface area contributed by atoms with Gasteiger partial charge in [-0.25, -0.2) is 0 Å². The van der Waals surface area contributed by atoms with Gasteiger partial charge < -0.3 is 13.9 Å². The molecule has 0 aliphatic heterocycles. The fourth-order valence-corrected chi connectivity index (χ4v) is 3.27. The van der Waals surface area contributed by atoms with Crippen LogP contribution in [0.5, 0.6) is 17.2 Å². The lowest BCUT2D eigenvalue weighted by Crippen LogP contribution is -2.05. The van der Waals surface area contributed by atoms with E-state index in [1.807, 2.05) is 42.5 Å². The zero-order chi connectivity index (χ0) is 19.5. The summed E-state index contributed by atoms with van der Waals surface area (Å²) in [5, 5.41) is 0.431. The molecular formula is C22H14Br2O4. The minimum Gasteiger partial charge on any atom is -0.489 e. The smallest absolute Gasteiger partial charge is 0.235 e. The molecule has 0 atom stereocenters. The Hall–Kier alpha value is -2.57. The molecule has 0 fully saturated rings. The second-order valence-electron chi connectivity index (χ2n) is 6.03. The monoisotopic (exact) mass is 500 g/mol. The Morgan fingerprint density at radius 1 is 0.893 bits per heavy atom. The molecular weight excluding hydrogens is 488 g/mol. The van der Waals surface area contributed by atoms with Crippen molar-refractivity contribution in [3.8, 4) is 17.2 Å². The van der Waals surface area contributed by atoms with Crippen molar-refractivity contribution in [1.82, 2.24) is 0 Å². The molecule has 0 N–H and O–H groups in total. The van der Waals surface area contributed by atoms with Crippen LogP contribution in [0.3, 0.4) is 0 Å². The molecule has 0 spiro atoms. The summed E-state index contributed by atoms with van der Waals surface area (Å²) < 4.78 is 18.9. The third-order valence-electron chi connectivity index (χ3n) is 4.09. The van der Waals surface area contributed by atoms with Crippen molar-refractivity contribution in [1.29, 1.82) is 0 Å². The Morgan fingerprint density at radius 3 is 2.46 bits per heavy atom. The van der Waals surface area contributed by atoms with E-state index in [1.54, 1.807) is 24.3 Å². The second kappa shape index (κ2) is 8.20. The zero-order valence-corrected chi connectivity index (χ0v) is 17.7. The SMILES string of the molecule is O=c1c(Oc2ccccc2Br)coc2cc(OCc3ccc(Br)cc3)ccc12. The number of para-hydroxylation sites is 1. The van der Waals surface area contributed by atoms with Crippen molar-refractivity contribution in [2.24, 2.45) is 0 Å². The number of hydrogen-bond donors (Lipinski definition) is 0. The van der Waals surface area contributed by atoms with Gasteiger partial charge >= 0.3 is 0 Å². The van der Waals surface area contributed by atoms with Crippen molar-refractivity contribution < 1.29 is 13.9 Å². The predicted molar refractivity (Wildman–Crippen MR) is 115 cm³/mol. The molecule has 140 valence electrons. The van der Waals surface area contributed by atoms with Crippen LogP contribution in [-0.2, 0) is 6.61 Å². The molecule has 0 saturated heterocycles. The van der Waals surface area contributed by atoms with Crippen LogP contribution in [0.4, 0.5) is 0 Å². The maximum atomic E-state index is 12.7. The first-order valence-electron chi connectivity index (χ1n) is 8.45. The predicted octanol–water partition coefficient (Wildman–Crippen LogP) is 6.69. The van der Waals surface area contributed by atoms with E-state index in [-0.39, 0.29) is 11.2 Å². The van der Waals surface area contributed by atoms with Gasteiger partial charge in [0.1, 0.15) is 30.0 Å². The van der Waals surface area contributed by atoms with Crippen LogP contribution >= 0.6 is 31.9 Å². The molecule has 4 rings (SSSR count). The van der Waals surface area contributed by atoms with E-state index in [2.05, 4.69) is 31.9 Å². The van der Waals surface area contributed by atoms with E-state index < -0.39 is 0 Å². The van der Waals surface area contributed by atoms with Crippen molar-refractivity contribution in [2.75, 3.05) is 0 Å². The molecule has 0 aliphatic rings. The molecule has 0 amide bonds. The highest BCUT2D eigenvalue weighted by Gasteiger charge is 2.11. The zero-order valence-electron chi connectivity index (χ0n) is 14.5. The van der Waals surface area contributed by atoms with Gasteiger partial charge in [0.25, 0.3) is 0 Å². The van der Waals surface area contributed by atoms with E-state index in [1.165, 1.54) is 6.26 Å². The first kappa shape index (κ1) is 18.8. The van der Waals surface area contributed by atoms with E-state index >= 15 is 0 Å². The molecule has 6 heteroatoms. The number of hydrogen-bond acceptors (Lipinski definition) is 4. The molecule has 0 saturated carbocycles. The summed E-state index contributed by atoms with van der Waals surface area (Å²) >= 11 is 6.81. The number of rotatable bonds is 5. The van der Waals surface area contributed by atoms with Crippen LogP contribution in [0.25, 0.3) is 11.0 Å². The van der Waals surface area contributed by atoms with E-state index in [9.17, 15) is 4.79 Å². The highest BCUT2D eigenvalue weighted by molar-refractivity contribution is 9.10. The standard InChI is InChI=1S/C22H14Br2O4/c23-15-7-5-14(6-8-15)12-26-16-9-10-17-20(11-16)27-13-21(22(17)25)28-19-4-2-1-3-18(19)24/h1-11,13H,12H2. The fourth-order valence-electron chi connectivity index (χ4n) is 2.64. The summed E-state index contributed by atoms with van der Waals surface area (Å²) in [6, 6.07) is 20.3. The van der Waals surface area contributed by atoms with Gasteiger partial charge in [0.15, 0.2) is 0 Å². The van der Waals surface area contributed by atoms with Crippen LogP contribution in [0.15, 0.2) is 91.2 Å². The summed E-state index contributed by atoms with van der Waals surface area (Å²) in [6.45, 7) is 0.423. The molecule has 0 bridgehead atoms. The molecule has 1 aromatic heterocycles. The van der Waals surface area contributed by atoms with Gasteiger partial charge in [-0.15, -0.1) is 0 Å². The van der Waals surface area contributed by atoms with Gasteiger partial charge in [0.2, 0.25) is 11.2 Å². The van der Waals surface area contributed by atoms with Crippen LogP contribution in [0.1, 0.15) is 5.56 Å². The van der Waals surface area contributed by atoms with Gasteiger partial charge in [-0.2, -0.15) is 0 Å². The van der Waals surface area contributed by atoms with Crippen LogP contribution < -0.4 is 14.9 Å². The average molecular weight is 502 g/mol. The van der Waals surface area contributed by atoms with Gasteiger partial charge in [-0.1, -0.05) is 40.2 Å². The molecule has 4 aromatic rings. The lowest BCUT2D eigenvalue weighted by Gasteiger charge is -2.09. The van der Waals surface area contributed by atoms with E-state index in [0.717, 1.165) is 14.5 Å². The Kier molecular flexibility index (Phi) is 5.50. The maximum absolute atomic E-state index is 12.7. The quantitative estimate of drug-likeness (QED) is 0.305. The lowest BCUT2D eigenvalue weighted by atomic mass is 10.2. The average Bonchev–Trinajstić information content (AvgIpc) is 2.71. The maximum Gasteiger partial charge on any atom is 0.235 e. The summed E-state index contributed by atoms with van der Waals surface area (Å²) in [5.74, 6) is 1.30. The molecule has 0 radical (unpaired) electrons. The Balaban J connectivity index is 1.56. The Labute approximate surface area is 178 Å². The fraction of sp³-hybridized carbons (Fsp3) is 0.0455. The Morgan fingerprint density at radius 2 is 1.68 bits per heavy atom. The van der Waals surface area contributed by atoms with Gasteiger partial charge in [-0.3, -0.25) is 4.79 Å². The first-order chi connectivity index (χ1) is 13.6. The molecule has 4 nitrogen and oxygen atoms in total. The largest absolute Gasteiger partial charge is 0.489 e. The van der Waals surface area contributed by atoms with Crippen molar-refractivity contribution in [3.63, 3.8) is 0 Å². The van der Waals surface area contributed by atoms with Crippen LogP contribution in [0.2, 0.25) is 0 Å². The summed E-state index contributed by atoms with van der Waals surface area (Å²) in [6.07, 6.45) is 1.32. The number of benzene rings is 3. The van der Waals surface area contributed by atoms with Crippen LogP contribution in [-0.4, -0.2) is 0 Å². The third-order valence-corrected chi connectivity index (χ3v) is 5.27. The number of halogens is 2. The second-order valence-corrected chi connectivity index (χ2v) is 7.80. The van der Waals surface area contributed by atoms with Crippen molar-refractivity contribution in [2.45, 2.75) is 6.61 Å². The van der Waals surface area contributed by atoms with Crippen LogP contribution in [0, 0.1) is 0 Å². The van der Waals surface area contributed by atoms with Gasteiger partial charge in [-0.05, 0) is 57.9 Å². The minimum absolute atomic E-state index is 0.128. The third kappa shape index (κ3) is 4.13. The number of ether oxygens (including phenoxy) is 2. The highest BCUT2D eigenvalue weighted by Crippen LogP contribution is 2.29. The minimum atomic E-state index is -0.239. The van der Waals surface area contributed by atoms with Gasteiger partial charge in [0.05, 0.1) is 9.86 Å². The van der Waals surface area contributed by atoms with Crippen molar-refractivity contribution in [3.05, 3.63) is 97.7 Å². The molecule has 28 heavy (non-hydrogen) atoms. The van der Waals surface area contributed by atoms with E-state index in [4.69, 9.17) is 13.9 Å². The summed E-state index contributed by atoms with van der Waals surface area (Å²) in [4.78, 5) is 12.7. The number of fused-ring (bicyclic) bond motifs is 1. The van der Waals surface area contributed by atoms with E-state index in [0.29, 0.717) is 29.1 Å². The van der Waals surface area contributed by atoms with Gasteiger partial charge in [0, 0.05) is 10.5 Å². The Bertz CT molecular complexity index is 1180. The highest BCUT2D eigenvalue weighted by atomic mass is 79.9. The first-order valence-corrected chi connectivity index (χ1v) is 10.0.